The molecule has 1 aromatic carbocycles. The van der Waals surface area contributed by atoms with E-state index in [1.165, 1.54) is 47.8 Å². The minimum Gasteiger partial charge on any atom is -0.362 e. The summed E-state index contributed by atoms with van der Waals surface area (Å²) in [5.74, 6) is 0. The molecule has 3 heterocycles. The van der Waals surface area contributed by atoms with Crippen LogP contribution in [0.5, 0.6) is 0 Å². The fraction of sp³-hybridized carbons (Fsp3) is 0.444. The Morgan fingerprint density at radius 1 is 0.952 bits per heavy atom. The van der Waals surface area contributed by atoms with Crippen LogP contribution in [-0.2, 0) is 0 Å². The van der Waals surface area contributed by atoms with Crippen LogP contribution in [0.15, 0.2) is 42.5 Å². The van der Waals surface area contributed by atoms with Crippen LogP contribution in [-0.4, -0.2) is 37.1 Å². The Morgan fingerprint density at radius 2 is 1.76 bits per heavy atom. The van der Waals surface area contributed by atoms with Gasteiger partial charge >= 0.3 is 0 Å². The number of benzene rings is 1. The van der Waals surface area contributed by atoms with Crippen LogP contribution in [0.4, 0.5) is 5.00 Å². The minimum atomic E-state index is 0.750. The molecule has 0 aliphatic carbocycles. The third-order valence-electron chi connectivity index (χ3n) is 5.11. The molecule has 3 heteroatoms. The van der Waals surface area contributed by atoms with Crippen LogP contribution in [0.25, 0.3) is 10.4 Å². The van der Waals surface area contributed by atoms with E-state index in [9.17, 15) is 0 Å². The van der Waals surface area contributed by atoms with Gasteiger partial charge in [0.05, 0.1) is 5.00 Å². The quantitative estimate of drug-likeness (QED) is 0.824. The first kappa shape index (κ1) is 13.4. The Kier molecular flexibility index (Phi) is 3.48. The fourth-order valence-corrected chi connectivity index (χ4v) is 4.81. The molecule has 2 bridgehead atoms. The van der Waals surface area contributed by atoms with Gasteiger partial charge in [-0.3, -0.25) is 4.90 Å². The van der Waals surface area contributed by atoms with E-state index in [0.717, 1.165) is 12.1 Å². The van der Waals surface area contributed by atoms with Crippen LogP contribution in [0.1, 0.15) is 19.3 Å². The molecule has 2 nitrogen and oxygen atoms in total. The molecule has 2 atom stereocenters. The normalized spacial score (nSPS) is 26.0. The molecule has 2 fully saturated rings. The maximum absolute atomic E-state index is 2.62. The molecule has 21 heavy (non-hydrogen) atoms. The minimum absolute atomic E-state index is 0.750. The number of likely N-dealkylation sites (N-methyl/N-ethyl adjacent to an activating group) is 1. The Hall–Kier alpha value is -1.32. The zero-order valence-electron chi connectivity index (χ0n) is 12.5. The number of nitrogens with zero attached hydrogens (tertiary/aromatic N) is 2. The summed E-state index contributed by atoms with van der Waals surface area (Å²) in [6.07, 6.45) is 4.08. The molecule has 2 aliphatic heterocycles. The van der Waals surface area contributed by atoms with Gasteiger partial charge < -0.3 is 4.90 Å². The second-order valence-corrected chi connectivity index (χ2v) is 7.35. The number of fused-ring (bicyclic) bond motifs is 2. The first-order chi connectivity index (χ1) is 10.3. The monoisotopic (exact) mass is 298 g/mol. The molecule has 0 spiro atoms. The highest BCUT2D eigenvalue weighted by Crippen LogP contribution is 2.36. The van der Waals surface area contributed by atoms with Gasteiger partial charge in [0, 0.05) is 30.1 Å². The lowest BCUT2D eigenvalue weighted by atomic mass is 10.1. The molecule has 2 saturated heterocycles. The van der Waals surface area contributed by atoms with Gasteiger partial charge in [-0.1, -0.05) is 30.3 Å². The molecule has 2 unspecified atom stereocenters. The highest BCUT2D eigenvalue weighted by molar-refractivity contribution is 7.19. The van der Waals surface area contributed by atoms with Crippen LogP contribution in [0.3, 0.4) is 0 Å². The van der Waals surface area contributed by atoms with Crippen molar-refractivity contribution < 1.29 is 0 Å². The number of anilines is 1. The van der Waals surface area contributed by atoms with E-state index in [1.54, 1.807) is 0 Å². The van der Waals surface area contributed by atoms with Crippen molar-refractivity contribution in [2.45, 2.75) is 31.3 Å². The summed E-state index contributed by atoms with van der Waals surface area (Å²) in [6.45, 7) is 2.40. The molecule has 0 N–H and O–H groups in total. The van der Waals surface area contributed by atoms with E-state index in [0.29, 0.717) is 0 Å². The molecular formula is C18H22N2S. The predicted octanol–water partition coefficient (Wildman–Crippen LogP) is 4.09. The standard InChI is InChI=1S/C18H22N2S/c1-19-15-7-8-16(19)13-20(12-11-15)18-10-9-17(21-18)14-5-3-2-4-6-14/h2-6,9-10,15-16H,7-8,11-13H2,1H3. The van der Waals surface area contributed by atoms with E-state index in [-0.39, 0.29) is 0 Å². The van der Waals surface area contributed by atoms with E-state index in [1.807, 2.05) is 11.3 Å². The molecule has 0 amide bonds. The van der Waals surface area contributed by atoms with Crippen molar-refractivity contribution in [2.24, 2.45) is 0 Å². The maximum Gasteiger partial charge on any atom is 0.0915 e. The van der Waals surface area contributed by atoms with Crippen molar-refractivity contribution in [2.75, 3.05) is 25.0 Å². The SMILES string of the molecule is CN1C2CCC1CN(c1ccc(-c3ccccc3)s1)CC2. The zero-order chi connectivity index (χ0) is 14.2. The third kappa shape index (κ3) is 2.49. The predicted molar refractivity (Wildman–Crippen MR) is 91.2 cm³/mol. The molecule has 0 radical (unpaired) electrons. The van der Waals surface area contributed by atoms with Gasteiger partial charge in [0.2, 0.25) is 0 Å². The Bertz CT molecular complexity index is 607. The lowest BCUT2D eigenvalue weighted by Crippen LogP contribution is -2.36. The topological polar surface area (TPSA) is 6.48 Å². The molecule has 1 aromatic heterocycles. The smallest absolute Gasteiger partial charge is 0.0915 e. The highest BCUT2D eigenvalue weighted by Gasteiger charge is 2.34. The lowest BCUT2D eigenvalue weighted by Gasteiger charge is -2.26. The van der Waals surface area contributed by atoms with Gasteiger partial charge in [0.25, 0.3) is 0 Å². The summed E-state index contributed by atoms with van der Waals surface area (Å²) < 4.78 is 0. The fourth-order valence-electron chi connectivity index (χ4n) is 3.76. The molecular weight excluding hydrogens is 276 g/mol. The first-order valence-electron chi connectivity index (χ1n) is 7.93. The van der Waals surface area contributed by atoms with E-state index in [2.05, 4.69) is 59.3 Å². The third-order valence-corrected chi connectivity index (χ3v) is 6.31. The molecule has 110 valence electrons. The van der Waals surface area contributed by atoms with Gasteiger partial charge in [0.1, 0.15) is 0 Å². The lowest BCUT2D eigenvalue weighted by molar-refractivity contribution is 0.254. The largest absolute Gasteiger partial charge is 0.362 e. The van der Waals surface area contributed by atoms with Crippen LogP contribution in [0.2, 0.25) is 0 Å². The average Bonchev–Trinajstić information content (AvgIpc) is 3.06. The van der Waals surface area contributed by atoms with Crippen molar-refractivity contribution in [1.82, 2.24) is 4.90 Å². The molecule has 2 aliphatic rings. The number of hydrogen-bond donors (Lipinski definition) is 0. The zero-order valence-corrected chi connectivity index (χ0v) is 13.4. The van der Waals surface area contributed by atoms with Gasteiger partial charge in [-0.15, -0.1) is 11.3 Å². The summed E-state index contributed by atoms with van der Waals surface area (Å²) in [5, 5.41) is 1.44. The summed E-state index contributed by atoms with van der Waals surface area (Å²) in [7, 11) is 2.32. The van der Waals surface area contributed by atoms with Crippen LogP contribution in [0, 0.1) is 0 Å². The summed E-state index contributed by atoms with van der Waals surface area (Å²) in [5.41, 5.74) is 1.34. The van der Waals surface area contributed by atoms with Crippen LogP contribution < -0.4 is 4.90 Å². The van der Waals surface area contributed by atoms with Gasteiger partial charge in [-0.25, -0.2) is 0 Å². The number of rotatable bonds is 2. The van der Waals surface area contributed by atoms with Crippen LogP contribution >= 0.6 is 11.3 Å². The molecule has 0 saturated carbocycles. The Morgan fingerprint density at radius 3 is 2.62 bits per heavy atom. The second-order valence-electron chi connectivity index (χ2n) is 6.29. The first-order valence-corrected chi connectivity index (χ1v) is 8.75. The average molecular weight is 298 g/mol. The number of thiophene rings is 1. The van der Waals surface area contributed by atoms with Crippen molar-refractivity contribution in [1.29, 1.82) is 0 Å². The van der Waals surface area contributed by atoms with E-state index < -0.39 is 0 Å². The Labute approximate surface area is 131 Å². The highest BCUT2D eigenvalue weighted by atomic mass is 32.1. The second kappa shape index (κ2) is 5.47. The summed E-state index contributed by atoms with van der Waals surface area (Å²) in [4.78, 5) is 6.61. The van der Waals surface area contributed by atoms with Gasteiger partial charge in [0.15, 0.2) is 0 Å². The van der Waals surface area contributed by atoms with Crippen molar-refractivity contribution in [3.8, 4) is 10.4 Å². The Balaban J connectivity index is 1.56. The molecule has 2 aromatic rings. The number of hydrogen-bond acceptors (Lipinski definition) is 3. The van der Waals surface area contributed by atoms with Crippen molar-refractivity contribution >= 4 is 16.3 Å². The van der Waals surface area contributed by atoms with Gasteiger partial charge in [-0.2, -0.15) is 0 Å². The summed E-state index contributed by atoms with van der Waals surface area (Å²) >= 11 is 1.94. The van der Waals surface area contributed by atoms with Crippen molar-refractivity contribution in [3.05, 3.63) is 42.5 Å². The molecule has 4 rings (SSSR count). The van der Waals surface area contributed by atoms with E-state index in [4.69, 9.17) is 0 Å². The van der Waals surface area contributed by atoms with E-state index >= 15 is 0 Å². The van der Waals surface area contributed by atoms with Gasteiger partial charge in [-0.05, 0) is 44.0 Å². The summed E-state index contributed by atoms with van der Waals surface area (Å²) in [6, 6.07) is 16.9. The maximum atomic E-state index is 2.62. The van der Waals surface area contributed by atoms with Crippen molar-refractivity contribution in [3.63, 3.8) is 0 Å².